The number of aromatic amines is 1. The van der Waals surface area contributed by atoms with E-state index in [4.69, 9.17) is 11.6 Å². The second-order valence-corrected chi connectivity index (χ2v) is 4.22. The number of fused-ring (bicyclic) bond motifs is 1. The molecule has 2 rings (SSSR count). The molecule has 5 nitrogen and oxygen atoms in total. The number of rotatable bonds is 3. The number of anilines is 1. The van der Waals surface area contributed by atoms with E-state index in [1.807, 2.05) is 0 Å². The van der Waals surface area contributed by atoms with Crippen LogP contribution >= 0.6 is 11.6 Å². The maximum absolute atomic E-state index is 12.1. The number of hydrogen-bond donors (Lipinski definition) is 3. The van der Waals surface area contributed by atoms with Crippen LogP contribution in [0.1, 0.15) is 0 Å². The van der Waals surface area contributed by atoms with Gasteiger partial charge in [-0.1, -0.05) is 23.7 Å². The van der Waals surface area contributed by atoms with E-state index in [0.717, 1.165) is 0 Å². The molecule has 0 unspecified atom stereocenters. The molecular formula is C13H12ClN3O2. The minimum Gasteiger partial charge on any atom is -0.358 e. The van der Waals surface area contributed by atoms with Gasteiger partial charge in [0.25, 0.3) is 0 Å². The standard InChI is InChI=1S/C13H12ClN3O2/c1-2-6-15-13(19)17-10-7-16-11-8(12(10)18)4-3-5-9(11)14/h2-5,7H,1,6H2,(H,16,18)(H2,15,17,19). The van der Waals surface area contributed by atoms with E-state index in [-0.39, 0.29) is 11.1 Å². The Labute approximate surface area is 114 Å². The largest absolute Gasteiger partial charge is 0.358 e. The normalized spacial score (nSPS) is 10.2. The van der Waals surface area contributed by atoms with Crippen molar-refractivity contribution in [1.29, 1.82) is 0 Å². The molecule has 0 radical (unpaired) electrons. The van der Waals surface area contributed by atoms with E-state index in [1.54, 1.807) is 24.3 Å². The molecule has 1 aromatic heterocycles. The van der Waals surface area contributed by atoms with E-state index in [2.05, 4.69) is 22.2 Å². The van der Waals surface area contributed by atoms with Gasteiger partial charge in [-0.25, -0.2) is 4.79 Å². The summed E-state index contributed by atoms with van der Waals surface area (Å²) in [4.78, 5) is 26.5. The molecule has 3 N–H and O–H groups in total. The van der Waals surface area contributed by atoms with Crippen LogP contribution in [0, 0.1) is 0 Å². The number of hydrogen-bond acceptors (Lipinski definition) is 2. The van der Waals surface area contributed by atoms with Crippen molar-refractivity contribution in [3.05, 3.63) is 52.3 Å². The molecule has 1 aromatic carbocycles. The SMILES string of the molecule is C=CCNC(=O)Nc1c[nH]c2c(Cl)cccc2c1=O. The third-order valence-corrected chi connectivity index (χ3v) is 2.83. The van der Waals surface area contributed by atoms with E-state index < -0.39 is 6.03 Å². The minimum atomic E-state index is -0.466. The highest BCUT2D eigenvalue weighted by Gasteiger charge is 2.09. The molecule has 0 aliphatic heterocycles. The second kappa shape index (κ2) is 5.58. The smallest absolute Gasteiger partial charge is 0.319 e. The predicted molar refractivity (Wildman–Crippen MR) is 76.8 cm³/mol. The predicted octanol–water partition coefficient (Wildman–Crippen LogP) is 2.49. The van der Waals surface area contributed by atoms with Crippen LogP contribution in [-0.4, -0.2) is 17.6 Å². The first-order chi connectivity index (χ1) is 9.13. The van der Waals surface area contributed by atoms with Gasteiger partial charge in [-0.05, 0) is 12.1 Å². The topological polar surface area (TPSA) is 74.0 Å². The number of para-hydroxylation sites is 1. The Balaban J connectivity index is 2.36. The maximum atomic E-state index is 12.1. The Kier molecular flexibility index (Phi) is 3.87. The molecule has 0 bridgehead atoms. The summed E-state index contributed by atoms with van der Waals surface area (Å²) in [6, 6.07) is 4.55. The molecule has 1 heterocycles. The zero-order chi connectivity index (χ0) is 13.8. The number of benzene rings is 1. The van der Waals surface area contributed by atoms with Crippen molar-refractivity contribution < 1.29 is 4.79 Å². The lowest BCUT2D eigenvalue weighted by Crippen LogP contribution is -2.30. The fourth-order valence-corrected chi connectivity index (χ4v) is 1.87. The van der Waals surface area contributed by atoms with Gasteiger partial charge in [0.1, 0.15) is 5.69 Å². The lowest BCUT2D eigenvalue weighted by atomic mass is 10.2. The Bertz CT molecular complexity index is 694. The highest BCUT2D eigenvalue weighted by Crippen LogP contribution is 2.19. The summed E-state index contributed by atoms with van der Waals surface area (Å²) in [6.07, 6.45) is 2.97. The Morgan fingerprint density at radius 3 is 3.00 bits per heavy atom. The first-order valence-corrected chi connectivity index (χ1v) is 5.97. The number of aromatic nitrogens is 1. The van der Waals surface area contributed by atoms with E-state index >= 15 is 0 Å². The van der Waals surface area contributed by atoms with Crippen molar-refractivity contribution in [2.24, 2.45) is 0 Å². The van der Waals surface area contributed by atoms with Crippen LogP contribution in [0.4, 0.5) is 10.5 Å². The summed E-state index contributed by atoms with van der Waals surface area (Å²) in [5, 5.41) is 5.87. The molecule has 6 heteroatoms. The molecule has 98 valence electrons. The number of amides is 2. The summed E-state index contributed by atoms with van der Waals surface area (Å²) >= 11 is 5.97. The summed E-state index contributed by atoms with van der Waals surface area (Å²) in [5.74, 6) is 0. The third kappa shape index (κ3) is 2.77. The quantitative estimate of drug-likeness (QED) is 0.754. The molecule has 2 aromatic rings. The van der Waals surface area contributed by atoms with Gasteiger partial charge in [-0.3, -0.25) is 4.79 Å². The molecule has 0 aliphatic carbocycles. The molecule has 0 atom stereocenters. The van der Waals surface area contributed by atoms with Crippen LogP contribution in [0.2, 0.25) is 5.02 Å². The van der Waals surface area contributed by atoms with Crippen LogP contribution in [0.5, 0.6) is 0 Å². The first-order valence-electron chi connectivity index (χ1n) is 5.59. The van der Waals surface area contributed by atoms with Crippen molar-refractivity contribution in [2.75, 3.05) is 11.9 Å². The first kappa shape index (κ1) is 13.2. The van der Waals surface area contributed by atoms with Crippen LogP contribution in [-0.2, 0) is 0 Å². The average Bonchev–Trinajstić information content (AvgIpc) is 2.40. The van der Waals surface area contributed by atoms with Crippen LogP contribution < -0.4 is 16.1 Å². The monoisotopic (exact) mass is 277 g/mol. The molecule has 0 fully saturated rings. The van der Waals surface area contributed by atoms with Crippen molar-refractivity contribution in [1.82, 2.24) is 10.3 Å². The number of pyridine rings is 1. The minimum absolute atomic E-state index is 0.163. The molecule has 0 spiro atoms. The van der Waals surface area contributed by atoms with Crippen LogP contribution in [0.25, 0.3) is 10.9 Å². The van der Waals surface area contributed by atoms with Gasteiger partial charge >= 0.3 is 6.03 Å². The zero-order valence-corrected chi connectivity index (χ0v) is 10.8. The van der Waals surface area contributed by atoms with Crippen LogP contribution in [0.15, 0.2) is 41.8 Å². The van der Waals surface area contributed by atoms with Crippen molar-refractivity contribution in [3.63, 3.8) is 0 Å². The highest BCUT2D eigenvalue weighted by molar-refractivity contribution is 6.35. The molecular weight excluding hydrogens is 266 g/mol. The number of carbonyl (C=O) groups excluding carboxylic acids is 1. The second-order valence-electron chi connectivity index (χ2n) is 3.82. The van der Waals surface area contributed by atoms with Crippen molar-refractivity contribution in [2.45, 2.75) is 0 Å². The van der Waals surface area contributed by atoms with E-state index in [1.165, 1.54) is 6.20 Å². The fourth-order valence-electron chi connectivity index (χ4n) is 1.64. The van der Waals surface area contributed by atoms with Gasteiger partial charge in [0.15, 0.2) is 0 Å². The number of nitrogens with one attached hydrogen (secondary N) is 3. The van der Waals surface area contributed by atoms with Crippen molar-refractivity contribution >= 4 is 34.2 Å². The van der Waals surface area contributed by atoms with Crippen molar-refractivity contribution in [3.8, 4) is 0 Å². The third-order valence-electron chi connectivity index (χ3n) is 2.52. The molecule has 19 heavy (non-hydrogen) atoms. The Morgan fingerprint density at radius 1 is 1.47 bits per heavy atom. The number of halogens is 1. The zero-order valence-electron chi connectivity index (χ0n) is 10.00. The maximum Gasteiger partial charge on any atom is 0.319 e. The summed E-state index contributed by atoms with van der Waals surface area (Å²) in [5.41, 5.74) is 0.424. The molecule has 2 amide bonds. The summed E-state index contributed by atoms with van der Waals surface area (Å²) in [6.45, 7) is 3.81. The number of urea groups is 1. The lowest BCUT2D eigenvalue weighted by Gasteiger charge is -2.07. The van der Waals surface area contributed by atoms with Gasteiger partial charge < -0.3 is 15.6 Å². The number of H-pyrrole nitrogens is 1. The summed E-state index contributed by atoms with van der Waals surface area (Å²) in [7, 11) is 0. The average molecular weight is 278 g/mol. The van der Waals surface area contributed by atoms with E-state index in [0.29, 0.717) is 22.5 Å². The molecule has 0 saturated carbocycles. The Hall–Kier alpha value is -2.27. The van der Waals surface area contributed by atoms with Gasteiger partial charge in [-0.15, -0.1) is 6.58 Å². The van der Waals surface area contributed by atoms with E-state index in [9.17, 15) is 9.59 Å². The molecule has 0 aliphatic rings. The highest BCUT2D eigenvalue weighted by atomic mass is 35.5. The fraction of sp³-hybridized carbons (Fsp3) is 0.0769. The number of carbonyl (C=O) groups is 1. The summed E-state index contributed by atoms with van der Waals surface area (Å²) < 4.78 is 0. The lowest BCUT2D eigenvalue weighted by molar-refractivity contribution is 0.253. The van der Waals surface area contributed by atoms with Gasteiger partial charge in [0.05, 0.1) is 10.5 Å². The van der Waals surface area contributed by atoms with Gasteiger partial charge in [-0.2, -0.15) is 0 Å². The Morgan fingerprint density at radius 2 is 2.26 bits per heavy atom. The van der Waals surface area contributed by atoms with Crippen LogP contribution in [0.3, 0.4) is 0 Å². The molecule has 0 saturated heterocycles. The van der Waals surface area contributed by atoms with Gasteiger partial charge in [0.2, 0.25) is 5.43 Å². The van der Waals surface area contributed by atoms with Gasteiger partial charge in [0, 0.05) is 18.1 Å².